The first-order valence-electron chi connectivity index (χ1n) is 9.50. The van der Waals surface area contributed by atoms with Gasteiger partial charge in [0.1, 0.15) is 11.5 Å². The molecule has 6 nitrogen and oxygen atoms in total. The molecule has 146 valence electrons. The number of nitrogens with zero attached hydrogens (tertiary/aromatic N) is 2. The summed E-state index contributed by atoms with van der Waals surface area (Å²) in [6, 6.07) is 9.92. The second kappa shape index (κ2) is 8.69. The van der Waals surface area contributed by atoms with Gasteiger partial charge in [0.15, 0.2) is 0 Å². The molecule has 0 saturated carbocycles. The first kappa shape index (κ1) is 19.6. The lowest BCUT2D eigenvalue weighted by Crippen LogP contribution is -2.30. The van der Waals surface area contributed by atoms with E-state index in [2.05, 4.69) is 4.98 Å². The van der Waals surface area contributed by atoms with E-state index in [-0.39, 0.29) is 11.3 Å². The summed E-state index contributed by atoms with van der Waals surface area (Å²) >= 11 is 0. The summed E-state index contributed by atoms with van der Waals surface area (Å²) in [5, 5.41) is 10.9. The van der Waals surface area contributed by atoms with Crippen LogP contribution < -0.4 is 4.74 Å². The van der Waals surface area contributed by atoms with E-state index in [4.69, 9.17) is 4.74 Å². The van der Waals surface area contributed by atoms with E-state index in [1.165, 1.54) is 17.3 Å². The van der Waals surface area contributed by atoms with Crippen LogP contribution in [-0.4, -0.2) is 39.8 Å². The van der Waals surface area contributed by atoms with Crippen LogP contribution in [0.2, 0.25) is 0 Å². The van der Waals surface area contributed by atoms with Crippen molar-refractivity contribution < 1.29 is 19.4 Å². The summed E-state index contributed by atoms with van der Waals surface area (Å²) in [5.41, 5.74) is 1.28. The Morgan fingerprint density at radius 1 is 1.14 bits per heavy atom. The highest BCUT2D eigenvalue weighted by Gasteiger charge is 2.45. The lowest BCUT2D eigenvalue weighted by molar-refractivity contribution is -0.139. The van der Waals surface area contributed by atoms with E-state index in [0.29, 0.717) is 30.9 Å². The first-order chi connectivity index (χ1) is 13.6. The fourth-order valence-corrected chi connectivity index (χ4v) is 3.36. The van der Waals surface area contributed by atoms with Crippen molar-refractivity contribution in [2.45, 2.75) is 32.7 Å². The van der Waals surface area contributed by atoms with Crippen molar-refractivity contribution in [3.63, 3.8) is 0 Å². The normalized spacial score (nSPS) is 18.5. The van der Waals surface area contributed by atoms with Crippen LogP contribution in [0.25, 0.3) is 5.76 Å². The van der Waals surface area contributed by atoms with Crippen molar-refractivity contribution in [2.75, 3.05) is 13.2 Å². The van der Waals surface area contributed by atoms with Crippen molar-refractivity contribution in [3.05, 3.63) is 65.5 Å². The van der Waals surface area contributed by atoms with Gasteiger partial charge in [-0.15, -0.1) is 0 Å². The number of hydrogen-bond donors (Lipinski definition) is 1. The van der Waals surface area contributed by atoms with Gasteiger partial charge in [0, 0.05) is 24.5 Å². The predicted octanol–water partition coefficient (Wildman–Crippen LogP) is 3.70. The molecule has 1 aromatic carbocycles. The van der Waals surface area contributed by atoms with Gasteiger partial charge in [-0.05, 0) is 42.7 Å². The highest BCUT2D eigenvalue weighted by Crippen LogP contribution is 2.40. The van der Waals surface area contributed by atoms with Gasteiger partial charge < -0.3 is 14.7 Å². The maximum absolute atomic E-state index is 12.8. The van der Waals surface area contributed by atoms with E-state index >= 15 is 0 Å². The number of likely N-dealkylation sites (tertiary alicyclic amines) is 1. The molecule has 1 amide bonds. The molecule has 28 heavy (non-hydrogen) atoms. The molecule has 3 rings (SSSR count). The molecule has 0 aliphatic carbocycles. The van der Waals surface area contributed by atoms with E-state index in [1.807, 2.05) is 38.1 Å². The number of carbonyl (C=O) groups excluding carboxylic acids is 2. The molecule has 0 radical (unpaired) electrons. The van der Waals surface area contributed by atoms with Gasteiger partial charge in [0.25, 0.3) is 11.7 Å². The molecule has 1 aliphatic rings. The van der Waals surface area contributed by atoms with Crippen molar-refractivity contribution >= 4 is 17.4 Å². The SMILES string of the molecule is CCCOc1cccc(C2/C(=C(/O)c3ccncc3)C(=O)C(=O)N2CCC)c1. The van der Waals surface area contributed by atoms with Crippen molar-refractivity contribution in [1.29, 1.82) is 0 Å². The topological polar surface area (TPSA) is 79.7 Å². The number of ketones is 1. The fraction of sp³-hybridized carbons (Fsp3) is 0.318. The smallest absolute Gasteiger partial charge is 0.295 e. The number of hydrogen-bond acceptors (Lipinski definition) is 5. The number of carbonyl (C=O) groups is 2. The Hall–Kier alpha value is -3.15. The monoisotopic (exact) mass is 380 g/mol. The number of Topliss-reactive ketones (excluding diaryl/α,β-unsaturated/α-hetero) is 1. The van der Waals surface area contributed by atoms with Crippen LogP contribution in [0.5, 0.6) is 5.75 Å². The standard InChI is InChI=1S/C22H24N2O4/c1-3-12-24-19(16-6-5-7-17(14-16)28-13-4-2)18(21(26)22(24)27)20(25)15-8-10-23-11-9-15/h5-11,14,19,25H,3-4,12-13H2,1-2H3/b20-18-. The molecule has 0 spiro atoms. The third-order valence-corrected chi connectivity index (χ3v) is 4.60. The molecule has 2 aromatic rings. The minimum atomic E-state index is -0.673. The first-order valence-corrected chi connectivity index (χ1v) is 9.50. The van der Waals surface area contributed by atoms with E-state index in [0.717, 1.165) is 12.0 Å². The molecule has 1 fully saturated rings. The molecule has 2 heterocycles. The Bertz CT molecular complexity index is 892. The van der Waals surface area contributed by atoms with E-state index in [9.17, 15) is 14.7 Å². The van der Waals surface area contributed by atoms with Crippen LogP contribution in [-0.2, 0) is 9.59 Å². The van der Waals surface area contributed by atoms with Crippen LogP contribution in [0.15, 0.2) is 54.4 Å². The quantitative estimate of drug-likeness (QED) is 0.450. The van der Waals surface area contributed by atoms with Crippen LogP contribution in [0.1, 0.15) is 43.9 Å². The summed E-state index contributed by atoms with van der Waals surface area (Å²) in [4.78, 5) is 30.9. The minimum Gasteiger partial charge on any atom is -0.507 e. The van der Waals surface area contributed by atoms with Crippen molar-refractivity contribution in [2.24, 2.45) is 0 Å². The Labute approximate surface area is 164 Å². The van der Waals surface area contributed by atoms with Crippen LogP contribution >= 0.6 is 0 Å². The highest BCUT2D eigenvalue weighted by atomic mass is 16.5. The lowest BCUT2D eigenvalue weighted by atomic mass is 9.95. The van der Waals surface area contributed by atoms with Crippen LogP contribution in [0.4, 0.5) is 0 Å². The van der Waals surface area contributed by atoms with Gasteiger partial charge in [0.2, 0.25) is 0 Å². The number of benzene rings is 1. The van der Waals surface area contributed by atoms with Gasteiger partial charge >= 0.3 is 0 Å². The zero-order valence-electron chi connectivity index (χ0n) is 16.1. The summed E-state index contributed by atoms with van der Waals surface area (Å²) in [6.07, 6.45) is 4.64. The van der Waals surface area contributed by atoms with Gasteiger partial charge in [-0.25, -0.2) is 0 Å². The van der Waals surface area contributed by atoms with E-state index < -0.39 is 17.7 Å². The molecule has 0 bridgehead atoms. The average Bonchev–Trinajstić information content (AvgIpc) is 2.98. The van der Waals surface area contributed by atoms with Crippen molar-refractivity contribution in [1.82, 2.24) is 9.88 Å². The van der Waals surface area contributed by atoms with Gasteiger partial charge in [-0.2, -0.15) is 0 Å². The lowest BCUT2D eigenvalue weighted by Gasteiger charge is -2.25. The molecule has 1 N–H and O–H groups in total. The zero-order chi connectivity index (χ0) is 20.1. The van der Waals surface area contributed by atoms with Gasteiger partial charge in [-0.3, -0.25) is 14.6 Å². The Morgan fingerprint density at radius 2 is 1.89 bits per heavy atom. The van der Waals surface area contributed by atoms with Gasteiger partial charge in [-0.1, -0.05) is 26.0 Å². The Morgan fingerprint density at radius 3 is 2.57 bits per heavy atom. The zero-order valence-corrected chi connectivity index (χ0v) is 16.1. The predicted molar refractivity (Wildman–Crippen MR) is 106 cm³/mol. The van der Waals surface area contributed by atoms with Gasteiger partial charge in [0.05, 0.1) is 18.2 Å². The Kier molecular flexibility index (Phi) is 6.09. The second-order valence-corrected chi connectivity index (χ2v) is 6.65. The maximum Gasteiger partial charge on any atom is 0.295 e. The summed E-state index contributed by atoms with van der Waals surface area (Å²) in [7, 11) is 0. The number of ether oxygens (including phenoxy) is 1. The van der Waals surface area contributed by atoms with Crippen LogP contribution in [0.3, 0.4) is 0 Å². The molecule has 6 heteroatoms. The number of amides is 1. The molecular weight excluding hydrogens is 356 g/mol. The minimum absolute atomic E-state index is 0.0947. The summed E-state index contributed by atoms with van der Waals surface area (Å²) < 4.78 is 5.71. The number of aliphatic hydroxyl groups excluding tert-OH is 1. The highest BCUT2D eigenvalue weighted by molar-refractivity contribution is 6.46. The molecule has 1 aromatic heterocycles. The third kappa shape index (κ3) is 3.76. The molecular formula is C22H24N2O4. The molecule has 1 aliphatic heterocycles. The fourth-order valence-electron chi connectivity index (χ4n) is 3.36. The van der Waals surface area contributed by atoms with Crippen molar-refractivity contribution in [3.8, 4) is 5.75 Å². The largest absolute Gasteiger partial charge is 0.507 e. The summed E-state index contributed by atoms with van der Waals surface area (Å²) in [6.45, 7) is 4.97. The molecule has 1 unspecified atom stereocenters. The average molecular weight is 380 g/mol. The third-order valence-electron chi connectivity index (χ3n) is 4.60. The molecule has 1 saturated heterocycles. The maximum atomic E-state index is 12.8. The number of aliphatic hydroxyl groups is 1. The number of aromatic nitrogens is 1. The number of pyridine rings is 1. The Balaban J connectivity index is 2.12. The van der Waals surface area contributed by atoms with Crippen LogP contribution in [0, 0.1) is 0 Å². The second-order valence-electron chi connectivity index (χ2n) is 6.65. The number of rotatable bonds is 7. The molecule has 1 atom stereocenters. The summed E-state index contributed by atoms with van der Waals surface area (Å²) in [5.74, 6) is -0.787. The van der Waals surface area contributed by atoms with E-state index in [1.54, 1.807) is 12.1 Å².